The molecule has 0 N–H and O–H groups in total. The second kappa shape index (κ2) is 3.82. The first-order valence-electron chi connectivity index (χ1n) is 7.51. The van der Waals surface area contributed by atoms with E-state index in [9.17, 15) is 0 Å². The highest BCUT2D eigenvalue weighted by molar-refractivity contribution is 5.82. The van der Waals surface area contributed by atoms with E-state index < -0.39 is 0 Å². The first-order valence-corrected chi connectivity index (χ1v) is 7.51. The van der Waals surface area contributed by atoms with Crippen LogP contribution in [0.2, 0.25) is 0 Å². The highest BCUT2D eigenvalue weighted by atomic mass is 14.7. The van der Waals surface area contributed by atoms with Gasteiger partial charge in [0.2, 0.25) is 0 Å². The zero-order valence-corrected chi connectivity index (χ0v) is 11.7. The second-order valence-electron chi connectivity index (χ2n) is 6.14. The van der Waals surface area contributed by atoms with Gasteiger partial charge in [0.15, 0.2) is 0 Å². The lowest BCUT2D eigenvalue weighted by Gasteiger charge is -2.26. The van der Waals surface area contributed by atoms with Gasteiger partial charge in [-0.3, -0.25) is 4.98 Å². The average molecular weight is 269 g/mol. The Balaban J connectivity index is 1.82. The van der Waals surface area contributed by atoms with Crippen LogP contribution in [0.1, 0.15) is 22.4 Å². The molecule has 1 spiro atoms. The van der Waals surface area contributed by atoms with Crippen LogP contribution in [0.15, 0.2) is 66.9 Å². The summed E-state index contributed by atoms with van der Waals surface area (Å²) < 4.78 is 0. The third-order valence-corrected chi connectivity index (χ3v) is 5.12. The largest absolute Gasteiger partial charge is 0.261 e. The third-order valence-electron chi connectivity index (χ3n) is 5.12. The van der Waals surface area contributed by atoms with Crippen LogP contribution in [-0.4, -0.2) is 4.98 Å². The Morgan fingerprint density at radius 1 is 0.714 bits per heavy atom. The SMILES string of the molecule is c1cnc2c(c1)CC1(C2)c2ccccc2-c2ccccc21. The van der Waals surface area contributed by atoms with Gasteiger partial charge in [-0.15, -0.1) is 0 Å². The molecule has 0 atom stereocenters. The van der Waals surface area contributed by atoms with Crippen molar-refractivity contribution in [2.24, 2.45) is 0 Å². The van der Waals surface area contributed by atoms with E-state index in [1.165, 1.54) is 33.5 Å². The molecule has 0 fully saturated rings. The Morgan fingerprint density at radius 2 is 1.38 bits per heavy atom. The van der Waals surface area contributed by atoms with Gasteiger partial charge in [0.05, 0.1) is 0 Å². The molecule has 1 aromatic heterocycles. The van der Waals surface area contributed by atoms with Crippen LogP contribution in [-0.2, 0) is 18.3 Å². The van der Waals surface area contributed by atoms with Gasteiger partial charge in [-0.1, -0.05) is 54.6 Å². The van der Waals surface area contributed by atoms with Gasteiger partial charge < -0.3 is 0 Å². The fourth-order valence-electron chi connectivity index (χ4n) is 4.26. The van der Waals surface area contributed by atoms with Crippen LogP contribution in [0.4, 0.5) is 0 Å². The molecule has 0 unspecified atom stereocenters. The highest BCUT2D eigenvalue weighted by Crippen LogP contribution is 2.54. The molecule has 1 heteroatoms. The van der Waals surface area contributed by atoms with Gasteiger partial charge >= 0.3 is 0 Å². The van der Waals surface area contributed by atoms with Crippen molar-refractivity contribution < 1.29 is 0 Å². The topological polar surface area (TPSA) is 12.9 Å². The van der Waals surface area contributed by atoms with E-state index in [1.807, 2.05) is 6.20 Å². The molecular formula is C20H15N. The van der Waals surface area contributed by atoms with Crippen molar-refractivity contribution in [1.82, 2.24) is 4.98 Å². The minimum absolute atomic E-state index is 0.101. The van der Waals surface area contributed by atoms with Crippen molar-refractivity contribution in [3.8, 4) is 11.1 Å². The van der Waals surface area contributed by atoms with E-state index in [0.29, 0.717) is 0 Å². The molecule has 5 rings (SSSR count). The number of nitrogens with zero attached hydrogens (tertiary/aromatic N) is 1. The van der Waals surface area contributed by atoms with Crippen molar-refractivity contribution in [3.63, 3.8) is 0 Å². The Labute approximate surface area is 124 Å². The molecule has 0 amide bonds. The number of aromatic nitrogens is 1. The molecule has 100 valence electrons. The lowest BCUT2D eigenvalue weighted by Crippen LogP contribution is -2.25. The van der Waals surface area contributed by atoms with Crippen LogP contribution >= 0.6 is 0 Å². The van der Waals surface area contributed by atoms with E-state index in [-0.39, 0.29) is 5.41 Å². The van der Waals surface area contributed by atoms with Crippen LogP contribution in [0, 0.1) is 0 Å². The molecule has 3 aromatic rings. The van der Waals surface area contributed by atoms with Crippen LogP contribution in [0.25, 0.3) is 11.1 Å². The van der Waals surface area contributed by atoms with Crippen molar-refractivity contribution in [3.05, 3.63) is 89.2 Å². The minimum atomic E-state index is 0.101. The van der Waals surface area contributed by atoms with Gasteiger partial charge in [-0.25, -0.2) is 0 Å². The molecule has 2 aliphatic carbocycles. The molecule has 0 saturated carbocycles. The summed E-state index contributed by atoms with van der Waals surface area (Å²) in [5.41, 5.74) is 8.53. The fourth-order valence-corrected chi connectivity index (χ4v) is 4.26. The number of hydrogen-bond acceptors (Lipinski definition) is 1. The Kier molecular flexibility index (Phi) is 2.05. The van der Waals surface area contributed by atoms with E-state index in [2.05, 4.69) is 65.6 Å². The van der Waals surface area contributed by atoms with Crippen LogP contribution in [0.3, 0.4) is 0 Å². The number of hydrogen-bond donors (Lipinski definition) is 0. The highest BCUT2D eigenvalue weighted by Gasteiger charge is 2.47. The van der Waals surface area contributed by atoms with E-state index in [1.54, 1.807) is 0 Å². The Morgan fingerprint density at radius 3 is 2.05 bits per heavy atom. The zero-order valence-electron chi connectivity index (χ0n) is 11.7. The van der Waals surface area contributed by atoms with Gasteiger partial charge in [0.1, 0.15) is 0 Å². The van der Waals surface area contributed by atoms with E-state index in [0.717, 1.165) is 12.8 Å². The number of benzene rings is 2. The molecule has 2 aromatic carbocycles. The summed E-state index contributed by atoms with van der Waals surface area (Å²) in [6, 6.07) is 22.1. The summed E-state index contributed by atoms with van der Waals surface area (Å²) in [6.07, 6.45) is 4.02. The van der Waals surface area contributed by atoms with Crippen molar-refractivity contribution in [1.29, 1.82) is 0 Å². The lowest BCUT2D eigenvalue weighted by atomic mass is 9.76. The quantitative estimate of drug-likeness (QED) is 0.597. The zero-order chi connectivity index (χ0) is 13.9. The maximum absolute atomic E-state index is 4.62. The van der Waals surface area contributed by atoms with Crippen molar-refractivity contribution >= 4 is 0 Å². The molecule has 0 aliphatic heterocycles. The maximum atomic E-state index is 4.62. The molecule has 0 radical (unpaired) electrons. The molecule has 21 heavy (non-hydrogen) atoms. The predicted molar refractivity (Wildman–Crippen MR) is 84.3 cm³/mol. The number of pyridine rings is 1. The summed E-state index contributed by atoms with van der Waals surface area (Å²) in [4.78, 5) is 4.62. The number of fused-ring (bicyclic) bond motifs is 6. The molecular weight excluding hydrogens is 254 g/mol. The monoisotopic (exact) mass is 269 g/mol. The first-order chi connectivity index (χ1) is 10.4. The molecule has 1 nitrogen and oxygen atoms in total. The lowest BCUT2D eigenvalue weighted by molar-refractivity contribution is 0.560. The van der Waals surface area contributed by atoms with Crippen molar-refractivity contribution in [2.75, 3.05) is 0 Å². The summed E-state index contributed by atoms with van der Waals surface area (Å²) in [6.45, 7) is 0. The van der Waals surface area contributed by atoms with Crippen molar-refractivity contribution in [2.45, 2.75) is 18.3 Å². The fraction of sp³-hybridized carbons (Fsp3) is 0.150. The minimum Gasteiger partial charge on any atom is -0.261 e. The molecule has 1 heterocycles. The van der Waals surface area contributed by atoms with E-state index >= 15 is 0 Å². The van der Waals surface area contributed by atoms with Gasteiger partial charge in [0.25, 0.3) is 0 Å². The summed E-state index contributed by atoms with van der Waals surface area (Å²) in [5.74, 6) is 0. The summed E-state index contributed by atoms with van der Waals surface area (Å²) in [5, 5.41) is 0. The third kappa shape index (κ3) is 1.33. The van der Waals surface area contributed by atoms with E-state index in [4.69, 9.17) is 0 Å². The summed E-state index contributed by atoms with van der Waals surface area (Å²) >= 11 is 0. The summed E-state index contributed by atoms with van der Waals surface area (Å²) in [7, 11) is 0. The normalized spacial score (nSPS) is 16.6. The second-order valence-corrected chi connectivity index (χ2v) is 6.14. The molecule has 0 bridgehead atoms. The maximum Gasteiger partial charge on any atom is 0.0448 e. The Bertz CT molecular complexity index is 790. The Hall–Kier alpha value is -2.41. The average Bonchev–Trinajstić information content (AvgIpc) is 3.06. The first kappa shape index (κ1) is 11.3. The standard InChI is InChI=1S/C20H15N/c1-3-9-17-15(7-1)16-8-2-4-10-18(16)20(17)12-14-6-5-11-21-19(14)13-20/h1-11H,12-13H2. The molecule has 0 saturated heterocycles. The molecule has 2 aliphatic rings. The smallest absolute Gasteiger partial charge is 0.0448 e. The number of rotatable bonds is 0. The predicted octanol–water partition coefficient (Wildman–Crippen LogP) is 4.15. The van der Waals surface area contributed by atoms with Gasteiger partial charge in [0, 0.05) is 23.7 Å². The van der Waals surface area contributed by atoms with Gasteiger partial charge in [-0.2, -0.15) is 0 Å². The van der Waals surface area contributed by atoms with Crippen LogP contribution in [0.5, 0.6) is 0 Å². The van der Waals surface area contributed by atoms with Gasteiger partial charge in [-0.05, 0) is 40.3 Å². The van der Waals surface area contributed by atoms with Crippen LogP contribution < -0.4 is 0 Å².